The fraction of sp³-hybridized carbons (Fsp3) is 0.250. The SMILES string of the molecule is CCN(CC)S(=O)(=O)c1ccc(C(=O)Nc2nnc(SCc3ccc(Cl)cc3Cl)s2)cc1. The highest BCUT2D eigenvalue weighted by Crippen LogP contribution is 2.31. The van der Waals surface area contributed by atoms with Crippen molar-refractivity contribution in [3.8, 4) is 0 Å². The molecule has 0 aliphatic heterocycles. The lowest BCUT2D eigenvalue weighted by Gasteiger charge is -2.18. The van der Waals surface area contributed by atoms with Crippen molar-refractivity contribution in [3.05, 3.63) is 63.6 Å². The van der Waals surface area contributed by atoms with E-state index < -0.39 is 15.9 Å². The first-order chi connectivity index (χ1) is 15.2. The lowest BCUT2D eigenvalue weighted by molar-refractivity contribution is 0.102. The number of hydrogen-bond donors (Lipinski definition) is 1. The fourth-order valence-electron chi connectivity index (χ4n) is 2.76. The van der Waals surface area contributed by atoms with Crippen LogP contribution in [0, 0.1) is 0 Å². The van der Waals surface area contributed by atoms with Crippen molar-refractivity contribution < 1.29 is 13.2 Å². The minimum Gasteiger partial charge on any atom is -0.296 e. The third kappa shape index (κ3) is 6.00. The number of anilines is 1. The number of thioether (sulfide) groups is 1. The van der Waals surface area contributed by atoms with Gasteiger partial charge in [0.2, 0.25) is 15.2 Å². The molecular formula is C20H20Cl2N4O3S3. The van der Waals surface area contributed by atoms with Gasteiger partial charge in [0.15, 0.2) is 4.34 Å². The minimum absolute atomic E-state index is 0.146. The van der Waals surface area contributed by atoms with E-state index in [2.05, 4.69) is 15.5 Å². The van der Waals surface area contributed by atoms with Gasteiger partial charge in [0.25, 0.3) is 5.91 Å². The van der Waals surface area contributed by atoms with Crippen LogP contribution >= 0.6 is 46.3 Å². The first-order valence-electron chi connectivity index (χ1n) is 9.56. The molecule has 7 nitrogen and oxygen atoms in total. The van der Waals surface area contributed by atoms with Crippen LogP contribution in [0.25, 0.3) is 0 Å². The average Bonchev–Trinajstić information content (AvgIpc) is 3.21. The molecule has 0 radical (unpaired) electrons. The summed E-state index contributed by atoms with van der Waals surface area (Å²) < 4.78 is 27.2. The zero-order valence-corrected chi connectivity index (χ0v) is 21.2. The number of carbonyl (C=O) groups is 1. The molecule has 1 heterocycles. The van der Waals surface area contributed by atoms with E-state index in [9.17, 15) is 13.2 Å². The number of benzene rings is 2. The van der Waals surface area contributed by atoms with E-state index in [1.807, 2.05) is 6.07 Å². The second kappa shape index (κ2) is 11.0. The number of amides is 1. The van der Waals surface area contributed by atoms with Gasteiger partial charge in [-0.2, -0.15) is 4.31 Å². The highest BCUT2D eigenvalue weighted by atomic mass is 35.5. The standard InChI is InChI=1S/C20H20Cl2N4O3S3/c1-3-26(4-2)32(28,29)16-9-6-13(7-10-16)18(27)23-19-24-25-20(31-19)30-12-14-5-8-15(21)11-17(14)22/h5-11H,3-4,12H2,1-2H3,(H,23,24,27). The van der Waals surface area contributed by atoms with Crippen molar-refractivity contribution in [2.24, 2.45) is 0 Å². The van der Waals surface area contributed by atoms with Crippen molar-refractivity contribution in [3.63, 3.8) is 0 Å². The molecule has 0 unspecified atom stereocenters. The highest BCUT2D eigenvalue weighted by molar-refractivity contribution is 8.00. The molecule has 32 heavy (non-hydrogen) atoms. The molecule has 12 heteroatoms. The Kier molecular flexibility index (Phi) is 8.54. The summed E-state index contributed by atoms with van der Waals surface area (Å²) in [7, 11) is -3.57. The summed E-state index contributed by atoms with van der Waals surface area (Å²) in [4.78, 5) is 12.7. The van der Waals surface area contributed by atoms with Crippen molar-refractivity contribution in [1.29, 1.82) is 0 Å². The van der Waals surface area contributed by atoms with Crippen molar-refractivity contribution in [2.45, 2.75) is 28.8 Å². The van der Waals surface area contributed by atoms with E-state index in [1.165, 1.54) is 51.7 Å². The first kappa shape index (κ1) is 24.9. The van der Waals surface area contributed by atoms with E-state index in [4.69, 9.17) is 23.2 Å². The molecule has 0 aliphatic carbocycles. The van der Waals surface area contributed by atoms with Crippen LogP contribution in [0.1, 0.15) is 29.8 Å². The molecule has 0 saturated carbocycles. The van der Waals surface area contributed by atoms with Crippen LogP contribution < -0.4 is 5.32 Å². The summed E-state index contributed by atoms with van der Waals surface area (Å²) in [6.07, 6.45) is 0. The molecule has 3 aromatic rings. The second-order valence-electron chi connectivity index (χ2n) is 6.47. The molecule has 1 N–H and O–H groups in total. The summed E-state index contributed by atoms with van der Waals surface area (Å²) in [5.41, 5.74) is 1.24. The maximum absolute atomic E-state index is 12.6. The number of halogens is 2. The van der Waals surface area contributed by atoms with Crippen molar-refractivity contribution >= 4 is 67.4 Å². The summed E-state index contributed by atoms with van der Waals surface area (Å²) in [6.45, 7) is 4.31. The van der Waals surface area contributed by atoms with Gasteiger partial charge in [0.1, 0.15) is 0 Å². The third-order valence-corrected chi connectivity index (χ3v) is 9.12. The Morgan fingerprint density at radius 2 is 1.78 bits per heavy atom. The van der Waals surface area contributed by atoms with Gasteiger partial charge in [-0.3, -0.25) is 10.1 Å². The molecule has 0 spiro atoms. The number of aromatic nitrogens is 2. The van der Waals surface area contributed by atoms with Gasteiger partial charge >= 0.3 is 0 Å². The maximum Gasteiger partial charge on any atom is 0.257 e. The quantitative estimate of drug-likeness (QED) is 0.293. The molecule has 0 aliphatic rings. The zero-order chi connectivity index (χ0) is 23.3. The smallest absolute Gasteiger partial charge is 0.257 e. The zero-order valence-electron chi connectivity index (χ0n) is 17.2. The molecule has 2 aromatic carbocycles. The molecule has 0 atom stereocenters. The van der Waals surface area contributed by atoms with Crippen LogP contribution in [0.4, 0.5) is 5.13 Å². The Labute approximate surface area is 205 Å². The number of nitrogens with one attached hydrogen (secondary N) is 1. The van der Waals surface area contributed by atoms with Crippen LogP contribution in [0.3, 0.4) is 0 Å². The molecule has 170 valence electrons. The highest BCUT2D eigenvalue weighted by Gasteiger charge is 2.22. The van der Waals surface area contributed by atoms with E-state index >= 15 is 0 Å². The van der Waals surface area contributed by atoms with Gasteiger partial charge in [-0.1, -0.05) is 66.2 Å². The number of rotatable bonds is 9. The van der Waals surface area contributed by atoms with Crippen molar-refractivity contribution in [2.75, 3.05) is 18.4 Å². The van der Waals surface area contributed by atoms with Crippen LogP contribution in [0.5, 0.6) is 0 Å². The first-order valence-corrected chi connectivity index (χ1v) is 13.6. The second-order valence-corrected chi connectivity index (χ2v) is 11.4. The number of nitrogens with zero attached hydrogens (tertiary/aromatic N) is 3. The normalized spacial score (nSPS) is 11.7. The van der Waals surface area contributed by atoms with Gasteiger partial charge < -0.3 is 0 Å². The minimum atomic E-state index is -3.57. The molecule has 1 amide bonds. The third-order valence-electron chi connectivity index (χ3n) is 4.45. The predicted octanol–water partition coefficient (Wildman–Crippen LogP) is 5.42. The molecule has 0 fully saturated rings. The van der Waals surface area contributed by atoms with Gasteiger partial charge in [0.05, 0.1) is 4.90 Å². The topological polar surface area (TPSA) is 92.3 Å². The lowest BCUT2D eigenvalue weighted by Crippen LogP contribution is -2.30. The Morgan fingerprint density at radius 1 is 1.09 bits per heavy atom. The molecule has 1 aromatic heterocycles. The van der Waals surface area contributed by atoms with E-state index in [-0.39, 0.29) is 4.90 Å². The fourth-order valence-corrected chi connectivity index (χ4v) is 6.52. The summed E-state index contributed by atoms with van der Waals surface area (Å²) >= 11 is 14.8. The Balaban J connectivity index is 1.62. The van der Waals surface area contributed by atoms with Crippen LogP contribution in [0.2, 0.25) is 10.0 Å². The Bertz CT molecular complexity index is 1200. The van der Waals surface area contributed by atoms with Gasteiger partial charge in [-0.15, -0.1) is 10.2 Å². The number of hydrogen-bond acceptors (Lipinski definition) is 7. The predicted molar refractivity (Wildman–Crippen MR) is 130 cm³/mol. The van der Waals surface area contributed by atoms with Crippen LogP contribution in [-0.4, -0.2) is 41.9 Å². The van der Waals surface area contributed by atoms with Crippen molar-refractivity contribution in [1.82, 2.24) is 14.5 Å². The largest absolute Gasteiger partial charge is 0.296 e. The van der Waals surface area contributed by atoms with E-state index in [1.54, 1.807) is 26.0 Å². The number of sulfonamides is 1. The Morgan fingerprint density at radius 3 is 2.41 bits per heavy atom. The Hall–Kier alpha value is -1.69. The molecular weight excluding hydrogens is 511 g/mol. The molecule has 0 saturated heterocycles. The molecule has 3 rings (SSSR count). The van der Waals surface area contributed by atoms with Gasteiger partial charge in [-0.05, 0) is 42.0 Å². The summed E-state index contributed by atoms with van der Waals surface area (Å²) in [5.74, 6) is 0.186. The lowest BCUT2D eigenvalue weighted by atomic mass is 10.2. The summed E-state index contributed by atoms with van der Waals surface area (Å²) in [5, 5.41) is 12.3. The van der Waals surface area contributed by atoms with Gasteiger partial charge in [0, 0.05) is 34.5 Å². The monoisotopic (exact) mass is 530 g/mol. The van der Waals surface area contributed by atoms with E-state index in [0.29, 0.717) is 43.9 Å². The van der Waals surface area contributed by atoms with Gasteiger partial charge in [-0.25, -0.2) is 8.42 Å². The van der Waals surface area contributed by atoms with Crippen LogP contribution in [-0.2, 0) is 15.8 Å². The number of carbonyl (C=O) groups excluding carboxylic acids is 1. The summed E-state index contributed by atoms with van der Waals surface area (Å²) in [6, 6.07) is 11.1. The average molecular weight is 532 g/mol. The van der Waals surface area contributed by atoms with Crippen LogP contribution in [0.15, 0.2) is 51.7 Å². The maximum atomic E-state index is 12.6. The molecule has 0 bridgehead atoms. The van der Waals surface area contributed by atoms with E-state index in [0.717, 1.165) is 5.56 Å².